The molecule has 0 aliphatic heterocycles. The van der Waals surface area contributed by atoms with Gasteiger partial charge in [-0.15, -0.1) is 0 Å². The monoisotopic (exact) mass is 330 g/mol. The van der Waals surface area contributed by atoms with Crippen LogP contribution in [-0.2, 0) is 6.54 Å². The first-order valence-electron chi connectivity index (χ1n) is 5.41. The lowest BCUT2D eigenvalue weighted by atomic mass is 10.1. The highest BCUT2D eigenvalue weighted by Gasteiger charge is 2.11. The molecular weight excluding hydrogens is 319 g/mol. The number of benzene rings is 1. The Bertz CT molecular complexity index is 596. The van der Waals surface area contributed by atoms with Crippen LogP contribution >= 0.6 is 27.3 Å². The Kier molecular flexibility index (Phi) is 4.31. The van der Waals surface area contributed by atoms with Crippen LogP contribution in [0.3, 0.4) is 0 Å². The lowest BCUT2D eigenvalue weighted by Gasteiger charge is -2.14. The number of hydrogen-bond donors (Lipinski definition) is 2. The smallest absolute Gasteiger partial charge is 0.304 e. The van der Waals surface area contributed by atoms with E-state index in [1.807, 2.05) is 6.92 Å². The fourth-order valence-electron chi connectivity index (χ4n) is 1.62. The van der Waals surface area contributed by atoms with Gasteiger partial charge in [0.2, 0.25) is 0 Å². The lowest BCUT2D eigenvalue weighted by Crippen LogP contribution is -2.19. The van der Waals surface area contributed by atoms with Gasteiger partial charge in [-0.25, -0.2) is 4.39 Å². The van der Waals surface area contributed by atoms with E-state index in [1.54, 1.807) is 17.5 Å². The summed E-state index contributed by atoms with van der Waals surface area (Å²) in [6, 6.07) is 4.72. The zero-order valence-corrected chi connectivity index (χ0v) is 12.1. The van der Waals surface area contributed by atoms with E-state index >= 15 is 0 Å². The van der Waals surface area contributed by atoms with E-state index in [0.29, 0.717) is 12.1 Å². The van der Waals surface area contributed by atoms with Gasteiger partial charge >= 0.3 is 4.87 Å². The van der Waals surface area contributed by atoms with Gasteiger partial charge in [-0.2, -0.15) is 0 Å². The van der Waals surface area contributed by atoms with Gasteiger partial charge in [0.1, 0.15) is 5.82 Å². The van der Waals surface area contributed by atoms with Crippen LogP contribution in [-0.4, -0.2) is 4.98 Å². The van der Waals surface area contributed by atoms with Crippen LogP contribution in [0.15, 0.2) is 32.8 Å². The van der Waals surface area contributed by atoms with Crippen molar-refractivity contribution < 1.29 is 4.39 Å². The summed E-state index contributed by atoms with van der Waals surface area (Å²) >= 11 is 4.45. The molecule has 0 spiro atoms. The van der Waals surface area contributed by atoms with E-state index < -0.39 is 0 Å². The number of thiazole rings is 1. The van der Waals surface area contributed by atoms with Crippen molar-refractivity contribution in [2.75, 3.05) is 0 Å². The maximum absolute atomic E-state index is 13.6. The number of aromatic nitrogens is 1. The van der Waals surface area contributed by atoms with Crippen LogP contribution in [0.4, 0.5) is 4.39 Å². The topological polar surface area (TPSA) is 44.9 Å². The standard InChI is InChI=1S/C12H12BrFN2OS/c1-7(10-4-8(13)2-3-11(10)14)15-5-9-6-18-12(17)16-9/h2-4,6-7,15H,5H2,1H3,(H,16,17). The van der Waals surface area contributed by atoms with Crippen molar-refractivity contribution >= 4 is 27.3 Å². The zero-order valence-electron chi connectivity index (χ0n) is 9.67. The summed E-state index contributed by atoms with van der Waals surface area (Å²) in [6.45, 7) is 2.39. The fourth-order valence-corrected chi connectivity index (χ4v) is 2.58. The first-order chi connectivity index (χ1) is 8.56. The van der Waals surface area contributed by atoms with Gasteiger partial charge < -0.3 is 10.3 Å². The Labute approximate surface area is 116 Å². The van der Waals surface area contributed by atoms with E-state index in [0.717, 1.165) is 21.5 Å². The molecule has 0 saturated heterocycles. The molecule has 0 bridgehead atoms. The van der Waals surface area contributed by atoms with Gasteiger partial charge in [-0.05, 0) is 25.1 Å². The van der Waals surface area contributed by atoms with E-state index in [4.69, 9.17) is 0 Å². The second kappa shape index (κ2) is 5.77. The molecule has 3 nitrogen and oxygen atoms in total. The maximum Gasteiger partial charge on any atom is 0.304 e. The largest absolute Gasteiger partial charge is 0.315 e. The molecule has 0 amide bonds. The first-order valence-corrected chi connectivity index (χ1v) is 7.08. The number of rotatable bonds is 4. The van der Waals surface area contributed by atoms with Crippen molar-refractivity contribution in [3.63, 3.8) is 0 Å². The molecule has 2 aromatic rings. The Morgan fingerprint density at radius 1 is 1.56 bits per heavy atom. The Morgan fingerprint density at radius 2 is 2.33 bits per heavy atom. The van der Waals surface area contributed by atoms with Crippen LogP contribution in [0, 0.1) is 5.82 Å². The lowest BCUT2D eigenvalue weighted by molar-refractivity contribution is 0.525. The average molecular weight is 331 g/mol. The SMILES string of the molecule is CC(NCc1csc(=O)[nH]1)c1cc(Br)ccc1F. The molecule has 1 atom stereocenters. The second-order valence-corrected chi connectivity index (χ2v) is 5.70. The summed E-state index contributed by atoms with van der Waals surface area (Å²) in [5.74, 6) is -0.239. The van der Waals surface area contributed by atoms with Crippen LogP contribution in [0.2, 0.25) is 0 Å². The highest BCUT2D eigenvalue weighted by Crippen LogP contribution is 2.21. The minimum atomic E-state index is -0.239. The zero-order chi connectivity index (χ0) is 13.1. The van der Waals surface area contributed by atoms with Gasteiger partial charge in [0.05, 0.1) is 0 Å². The second-order valence-electron chi connectivity index (χ2n) is 3.94. The molecule has 1 aromatic carbocycles. The Balaban J connectivity index is 2.05. The molecule has 0 aliphatic carbocycles. The summed E-state index contributed by atoms with van der Waals surface area (Å²) in [5, 5.41) is 4.94. The molecule has 0 aliphatic rings. The molecule has 1 unspecified atom stereocenters. The van der Waals surface area contributed by atoms with Crippen LogP contribution in [0.1, 0.15) is 24.2 Å². The van der Waals surface area contributed by atoms with E-state index in [9.17, 15) is 9.18 Å². The van der Waals surface area contributed by atoms with E-state index in [-0.39, 0.29) is 16.7 Å². The van der Waals surface area contributed by atoms with Crippen molar-refractivity contribution in [1.29, 1.82) is 0 Å². The van der Waals surface area contributed by atoms with Crippen LogP contribution < -0.4 is 10.2 Å². The van der Waals surface area contributed by atoms with Crippen molar-refractivity contribution in [2.24, 2.45) is 0 Å². The van der Waals surface area contributed by atoms with Gasteiger partial charge in [-0.1, -0.05) is 27.3 Å². The minimum absolute atomic E-state index is 0.0758. The first kappa shape index (κ1) is 13.5. The minimum Gasteiger partial charge on any atom is -0.315 e. The Morgan fingerprint density at radius 3 is 3.00 bits per heavy atom. The van der Waals surface area contributed by atoms with Gasteiger partial charge in [0.15, 0.2) is 0 Å². The maximum atomic E-state index is 13.6. The average Bonchev–Trinajstić information content (AvgIpc) is 2.75. The predicted molar refractivity (Wildman–Crippen MR) is 74.3 cm³/mol. The molecule has 18 heavy (non-hydrogen) atoms. The third-order valence-corrected chi connectivity index (χ3v) is 3.81. The van der Waals surface area contributed by atoms with Crippen molar-refractivity contribution in [2.45, 2.75) is 19.5 Å². The van der Waals surface area contributed by atoms with Gasteiger partial charge in [0, 0.05) is 33.7 Å². The van der Waals surface area contributed by atoms with Crippen molar-refractivity contribution in [3.8, 4) is 0 Å². The quantitative estimate of drug-likeness (QED) is 0.904. The van der Waals surface area contributed by atoms with Crippen LogP contribution in [0.5, 0.6) is 0 Å². The number of hydrogen-bond acceptors (Lipinski definition) is 3. The summed E-state index contributed by atoms with van der Waals surface area (Å²) in [5.41, 5.74) is 1.41. The van der Waals surface area contributed by atoms with Gasteiger partial charge in [-0.3, -0.25) is 4.79 Å². The molecule has 1 heterocycles. The summed E-state index contributed by atoms with van der Waals surface area (Å²) in [6.07, 6.45) is 0. The molecule has 6 heteroatoms. The van der Waals surface area contributed by atoms with E-state index in [2.05, 4.69) is 26.2 Å². The van der Waals surface area contributed by atoms with Crippen LogP contribution in [0.25, 0.3) is 0 Å². The number of H-pyrrole nitrogens is 1. The Hall–Kier alpha value is -0.980. The third kappa shape index (κ3) is 3.28. The molecule has 1 aromatic heterocycles. The van der Waals surface area contributed by atoms with Crippen molar-refractivity contribution in [1.82, 2.24) is 10.3 Å². The van der Waals surface area contributed by atoms with Gasteiger partial charge in [0.25, 0.3) is 0 Å². The summed E-state index contributed by atoms with van der Waals surface area (Å²) in [4.78, 5) is 13.6. The highest BCUT2D eigenvalue weighted by atomic mass is 79.9. The number of aromatic amines is 1. The highest BCUT2D eigenvalue weighted by molar-refractivity contribution is 9.10. The number of halogens is 2. The molecule has 96 valence electrons. The number of nitrogens with one attached hydrogen (secondary N) is 2. The third-order valence-electron chi connectivity index (χ3n) is 2.59. The fraction of sp³-hybridized carbons (Fsp3) is 0.250. The predicted octanol–water partition coefficient (Wildman–Crippen LogP) is 3.19. The molecule has 0 radical (unpaired) electrons. The van der Waals surface area contributed by atoms with Crippen molar-refractivity contribution in [3.05, 3.63) is 54.8 Å². The van der Waals surface area contributed by atoms with E-state index in [1.165, 1.54) is 6.07 Å². The molecular formula is C12H12BrFN2OS. The normalized spacial score (nSPS) is 12.6. The summed E-state index contributed by atoms with van der Waals surface area (Å²) in [7, 11) is 0. The molecule has 2 N–H and O–H groups in total. The molecule has 0 saturated carbocycles. The molecule has 0 fully saturated rings. The molecule has 2 rings (SSSR count). The summed E-state index contributed by atoms with van der Waals surface area (Å²) < 4.78 is 14.5.